The van der Waals surface area contributed by atoms with Crippen LogP contribution in [0.3, 0.4) is 0 Å². The highest BCUT2D eigenvalue weighted by Gasteiger charge is 2.27. The number of likely N-dealkylation sites (N-methyl/N-ethyl adjacent to an activating group) is 1. The van der Waals surface area contributed by atoms with Crippen molar-refractivity contribution in [3.05, 3.63) is 17.3 Å². The number of oxazole rings is 1. The number of fused-ring (bicyclic) bond motifs is 1. The van der Waals surface area contributed by atoms with Gasteiger partial charge in [-0.15, -0.1) is 0 Å². The van der Waals surface area contributed by atoms with Crippen LogP contribution in [0, 0.1) is 6.92 Å². The second-order valence-corrected chi connectivity index (χ2v) is 3.52. The normalized spacial score (nSPS) is 23.2. The monoisotopic (exact) mass is 181 g/mol. The molecule has 4 heteroatoms. The third-order valence-corrected chi connectivity index (χ3v) is 2.60. The van der Waals surface area contributed by atoms with Gasteiger partial charge in [0.15, 0.2) is 5.89 Å². The summed E-state index contributed by atoms with van der Waals surface area (Å²) < 4.78 is 5.49. The first-order chi connectivity index (χ1) is 6.22. The van der Waals surface area contributed by atoms with Crippen molar-refractivity contribution in [3.63, 3.8) is 0 Å². The molecule has 0 spiro atoms. The predicted molar refractivity (Wildman–Crippen MR) is 49.4 cm³/mol. The van der Waals surface area contributed by atoms with E-state index in [9.17, 15) is 0 Å². The van der Waals surface area contributed by atoms with Crippen molar-refractivity contribution in [1.29, 1.82) is 0 Å². The molecule has 2 heterocycles. The molecule has 2 N–H and O–H groups in total. The maximum Gasteiger partial charge on any atom is 0.191 e. The molecule has 0 radical (unpaired) electrons. The minimum atomic E-state index is 0.237. The van der Waals surface area contributed by atoms with Crippen molar-refractivity contribution >= 4 is 0 Å². The topological polar surface area (TPSA) is 55.3 Å². The Bertz CT molecular complexity index is 308. The zero-order valence-corrected chi connectivity index (χ0v) is 8.08. The Morgan fingerprint density at radius 3 is 3.15 bits per heavy atom. The molecule has 1 aromatic rings. The lowest BCUT2D eigenvalue weighted by Gasteiger charge is -2.29. The first-order valence-corrected chi connectivity index (χ1v) is 4.59. The molecule has 0 amide bonds. The van der Waals surface area contributed by atoms with Crippen molar-refractivity contribution in [2.24, 2.45) is 5.73 Å². The Balaban J connectivity index is 2.38. The number of aromatic nitrogens is 1. The summed E-state index contributed by atoms with van der Waals surface area (Å²) in [5.41, 5.74) is 6.73. The summed E-state index contributed by atoms with van der Waals surface area (Å²) in [6.07, 6.45) is 0.948. The van der Waals surface area contributed by atoms with Gasteiger partial charge in [0.05, 0.1) is 6.04 Å². The molecule has 0 saturated carbocycles. The highest BCUT2D eigenvalue weighted by atomic mass is 16.4. The highest BCUT2D eigenvalue weighted by molar-refractivity contribution is 5.18. The summed E-state index contributed by atoms with van der Waals surface area (Å²) in [6.45, 7) is 3.49. The van der Waals surface area contributed by atoms with Crippen molar-refractivity contribution in [2.45, 2.75) is 19.4 Å². The molecular formula is C9H15N3O. The zero-order valence-electron chi connectivity index (χ0n) is 8.08. The van der Waals surface area contributed by atoms with E-state index in [4.69, 9.17) is 10.2 Å². The second-order valence-electron chi connectivity index (χ2n) is 3.52. The Morgan fingerprint density at radius 1 is 1.69 bits per heavy atom. The van der Waals surface area contributed by atoms with Crippen molar-refractivity contribution in [1.82, 2.24) is 9.88 Å². The van der Waals surface area contributed by atoms with Crippen molar-refractivity contribution in [2.75, 3.05) is 20.1 Å². The largest absolute Gasteiger partial charge is 0.446 e. The minimum Gasteiger partial charge on any atom is -0.446 e. The van der Waals surface area contributed by atoms with Crippen molar-refractivity contribution < 1.29 is 4.42 Å². The molecule has 0 aliphatic carbocycles. The molecule has 1 atom stereocenters. The van der Waals surface area contributed by atoms with Gasteiger partial charge in [0, 0.05) is 26.4 Å². The smallest absolute Gasteiger partial charge is 0.191 e. The maximum atomic E-state index is 5.69. The Hall–Kier alpha value is -0.870. The average molecular weight is 181 g/mol. The number of nitrogens with two attached hydrogens (primary N) is 1. The van der Waals surface area contributed by atoms with Crippen LogP contribution in [-0.4, -0.2) is 30.0 Å². The van der Waals surface area contributed by atoms with Crippen LogP contribution in [0.1, 0.15) is 23.4 Å². The van der Waals surface area contributed by atoms with Crippen LogP contribution in [0.25, 0.3) is 0 Å². The maximum absolute atomic E-state index is 5.69. The predicted octanol–water partition coefficient (Wildman–Crippen LogP) is 0.471. The Labute approximate surface area is 77.7 Å². The molecular weight excluding hydrogens is 166 g/mol. The lowest BCUT2D eigenvalue weighted by molar-refractivity contribution is 0.221. The SMILES string of the molecule is Cc1nc2c(o1)CCN(C)C2CN. The number of aryl methyl sites for hydroxylation is 1. The summed E-state index contributed by atoms with van der Waals surface area (Å²) in [6, 6.07) is 0.237. The zero-order chi connectivity index (χ0) is 9.42. The van der Waals surface area contributed by atoms with Crippen LogP contribution in [0.5, 0.6) is 0 Å². The lowest BCUT2D eigenvalue weighted by atomic mass is 10.0. The van der Waals surface area contributed by atoms with Crippen LogP contribution in [0.2, 0.25) is 0 Å². The molecule has 1 unspecified atom stereocenters. The van der Waals surface area contributed by atoms with E-state index in [2.05, 4.69) is 16.9 Å². The van der Waals surface area contributed by atoms with Gasteiger partial charge in [-0.25, -0.2) is 4.98 Å². The fourth-order valence-corrected chi connectivity index (χ4v) is 1.86. The summed E-state index contributed by atoms with van der Waals surface area (Å²) in [7, 11) is 2.07. The molecule has 4 nitrogen and oxygen atoms in total. The van der Waals surface area contributed by atoms with Gasteiger partial charge in [0.2, 0.25) is 0 Å². The Morgan fingerprint density at radius 2 is 2.46 bits per heavy atom. The van der Waals surface area contributed by atoms with Gasteiger partial charge in [-0.05, 0) is 7.05 Å². The summed E-state index contributed by atoms with van der Waals surface area (Å²) in [5.74, 6) is 1.77. The van der Waals surface area contributed by atoms with Gasteiger partial charge in [-0.3, -0.25) is 4.90 Å². The summed E-state index contributed by atoms with van der Waals surface area (Å²) >= 11 is 0. The lowest BCUT2D eigenvalue weighted by Crippen LogP contribution is -2.36. The molecule has 1 aliphatic rings. The van der Waals surface area contributed by atoms with Crippen LogP contribution in [0.15, 0.2) is 4.42 Å². The van der Waals surface area contributed by atoms with E-state index in [-0.39, 0.29) is 6.04 Å². The second kappa shape index (κ2) is 3.12. The first kappa shape index (κ1) is 8.72. The minimum absolute atomic E-state index is 0.237. The number of hydrogen-bond acceptors (Lipinski definition) is 4. The van der Waals surface area contributed by atoms with E-state index in [1.54, 1.807) is 0 Å². The van der Waals surface area contributed by atoms with E-state index in [0.29, 0.717) is 6.54 Å². The third kappa shape index (κ3) is 1.36. The highest BCUT2D eigenvalue weighted by Crippen LogP contribution is 2.27. The summed E-state index contributed by atoms with van der Waals surface area (Å²) in [4.78, 5) is 6.59. The Kier molecular flexibility index (Phi) is 2.09. The van der Waals surface area contributed by atoms with Crippen LogP contribution in [0.4, 0.5) is 0 Å². The fraction of sp³-hybridized carbons (Fsp3) is 0.667. The average Bonchev–Trinajstić information content (AvgIpc) is 2.45. The van der Waals surface area contributed by atoms with Crippen LogP contribution >= 0.6 is 0 Å². The molecule has 2 rings (SSSR count). The molecule has 72 valence electrons. The molecule has 1 aliphatic heterocycles. The van der Waals surface area contributed by atoms with Crippen molar-refractivity contribution in [3.8, 4) is 0 Å². The van der Waals surface area contributed by atoms with E-state index in [1.165, 1.54) is 0 Å². The molecule has 0 fully saturated rings. The van der Waals surface area contributed by atoms with Gasteiger partial charge in [0.25, 0.3) is 0 Å². The van der Waals surface area contributed by atoms with E-state index in [1.807, 2.05) is 6.92 Å². The molecule has 13 heavy (non-hydrogen) atoms. The van der Waals surface area contributed by atoms with Gasteiger partial charge < -0.3 is 10.2 Å². The molecule has 0 bridgehead atoms. The van der Waals surface area contributed by atoms with Crippen LogP contribution in [-0.2, 0) is 6.42 Å². The molecule has 0 saturated heterocycles. The van der Waals surface area contributed by atoms with Gasteiger partial charge in [0.1, 0.15) is 11.5 Å². The molecule has 0 aromatic carbocycles. The fourth-order valence-electron chi connectivity index (χ4n) is 1.86. The van der Waals surface area contributed by atoms with Gasteiger partial charge >= 0.3 is 0 Å². The summed E-state index contributed by atoms with van der Waals surface area (Å²) in [5, 5.41) is 0. The van der Waals surface area contributed by atoms with E-state index < -0.39 is 0 Å². The van der Waals surface area contributed by atoms with E-state index in [0.717, 1.165) is 30.3 Å². The standard InChI is InChI=1S/C9H15N3O/c1-6-11-9-7(5-10)12(2)4-3-8(9)13-6/h7H,3-5,10H2,1-2H3. The van der Waals surface area contributed by atoms with Crippen LogP contribution < -0.4 is 5.73 Å². The van der Waals surface area contributed by atoms with E-state index >= 15 is 0 Å². The number of hydrogen-bond donors (Lipinski definition) is 1. The van der Waals surface area contributed by atoms with Gasteiger partial charge in [-0.1, -0.05) is 0 Å². The molecule has 1 aromatic heterocycles. The van der Waals surface area contributed by atoms with Gasteiger partial charge in [-0.2, -0.15) is 0 Å². The third-order valence-electron chi connectivity index (χ3n) is 2.60. The quantitative estimate of drug-likeness (QED) is 0.684. The number of nitrogens with zero attached hydrogens (tertiary/aromatic N) is 2. The number of rotatable bonds is 1. The first-order valence-electron chi connectivity index (χ1n) is 4.59.